The van der Waals surface area contributed by atoms with Crippen molar-refractivity contribution in [2.45, 2.75) is 6.42 Å². The Kier molecular flexibility index (Phi) is 8.27. The smallest absolute Gasteiger partial charge is 0.262 e. The van der Waals surface area contributed by atoms with Gasteiger partial charge in [-0.25, -0.2) is 4.39 Å². The largest absolute Gasteiger partial charge is 0.497 e. The molecule has 1 aliphatic rings. The predicted octanol–water partition coefficient (Wildman–Crippen LogP) is 3.36. The van der Waals surface area contributed by atoms with Crippen LogP contribution in [0.4, 0.5) is 21.5 Å². The second kappa shape index (κ2) is 12.0. The summed E-state index contributed by atoms with van der Waals surface area (Å²) in [5.74, 6) is -0.842. The van der Waals surface area contributed by atoms with Crippen molar-refractivity contribution in [2.75, 3.05) is 43.0 Å². The molecule has 1 heterocycles. The normalized spacial score (nSPS) is 14.6. The molecule has 1 aliphatic heterocycles. The molecule has 0 unspecified atom stereocenters. The van der Waals surface area contributed by atoms with Crippen molar-refractivity contribution >= 4 is 34.8 Å². The Morgan fingerprint density at radius 2 is 1.74 bits per heavy atom. The summed E-state index contributed by atoms with van der Waals surface area (Å²) in [6, 6.07) is 17.3. The lowest BCUT2D eigenvalue weighted by Crippen LogP contribution is -2.36. The van der Waals surface area contributed by atoms with E-state index in [2.05, 4.69) is 16.2 Å². The Morgan fingerprint density at radius 3 is 2.42 bits per heavy atom. The summed E-state index contributed by atoms with van der Waals surface area (Å²) < 4.78 is 29.4. The number of anilines is 3. The van der Waals surface area contributed by atoms with Gasteiger partial charge in [-0.3, -0.25) is 25.2 Å². The Labute approximate surface area is 218 Å². The van der Waals surface area contributed by atoms with Crippen LogP contribution in [-0.2, 0) is 14.4 Å². The minimum absolute atomic E-state index is 0.0118. The van der Waals surface area contributed by atoms with Gasteiger partial charge in [0.05, 0.1) is 25.8 Å². The molecule has 11 heteroatoms. The van der Waals surface area contributed by atoms with Crippen molar-refractivity contribution in [1.29, 1.82) is 0 Å². The second-order valence-corrected chi connectivity index (χ2v) is 8.40. The molecule has 0 bridgehead atoms. The number of hydrogen-bond donors (Lipinski definition) is 3. The highest BCUT2D eigenvalue weighted by Gasteiger charge is 2.35. The first kappa shape index (κ1) is 26.3. The molecule has 0 saturated carbocycles. The number of methoxy groups -OCH3 is 2. The van der Waals surface area contributed by atoms with Crippen molar-refractivity contribution in [3.05, 3.63) is 72.5 Å². The van der Waals surface area contributed by atoms with E-state index in [0.717, 1.165) is 0 Å². The number of ether oxygens (including phenoxy) is 3. The number of carbonyl (C=O) groups is 3. The van der Waals surface area contributed by atoms with E-state index in [9.17, 15) is 18.8 Å². The number of carbonyl (C=O) groups excluding carboxylic acids is 3. The van der Waals surface area contributed by atoms with Crippen molar-refractivity contribution in [2.24, 2.45) is 5.92 Å². The molecule has 10 nitrogen and oxygen atoms in total. The molecule has 38 heavy (non-hydrogen) atoms. The molecule has 3 aromatic carbocycles. The molecule has 0 radical (unpaired) electrons. The van der Waals surface area contributed by atoms with Gasteiger partial charge in [-0.2, -0.15) is 0 Å². The first-order valence-electron chi connectivity index (χ1n) is 11.7. The fraction of sp³-hybridized carbons (Fsp3) is 0.222. The van der Waals surface area contributed by atoms with Gasteiger partial charge in [0, 0.05) is 24.3 Å². The standard InChI is InChI=1S/C27H27FN4O6/c1-36-21-12-8-19(9-13-21)29-24(33)16-38-26-22(4-3-5-23(26)37-2)30-31-27(35)17-14-25(34)32(15-17)20-10-6-18(28)7-11-20/h3-13,17,30H,14-16H2,1-2H3,(H,29,33)(H,31,35)/t17-/m0/s1. The van der Waals surface area contributed by atoms with Crippen LogP contribution in [0.15, 0.2) is 66.7 Å². The number of halogens is 1. The fourth-order valence-corrected chi connectivity index (χ4v) is 3.92. The van der Waals surface area contributed by atoms with E-state index in [1.165, 1.54) is 36.3 Å². The lowest BCUT2D eigenvalue weighted by molar-refractivity contribution is -0.125. The Hall–Kier alpha value is -4.80. The van der Waals surface area contributed by atoms with Gasteiger partial charge in [-0.05, 0) is 60.7 Å². The number of benzene rings is 3. The molecule has 1 atom stereocenters. The Morgan fingerprint density at radius 1 is 1.00 bits per heavy atom. The highest BCUT2D eigenvalue weighted by molar-refractivity contribution is 6.00. The average molecular weight is 523 g/mol. The van der Waals surface area contributed by atoms with Crippen molar-refractivity contribution in [3.8, 4) is 17.2 Å². The summed E-state index contributed by atoms with van der Waals surface area (Å²) in [5.41, 5.74) is 6.85. The maximum absolute atomic E-state index is 13.2. The lowest BCUT2D eigenvalue weighted by Gasteiger charge is -2.18. The van der Waals surface area contributed by atoms with Crippen LogP contribution in [0.1, 0.15) is 6.42 Å². The zero-order chi connectivity index (χ0) is 27.1. The van der Waals surface area contributed by atoms with Gasteiger partial charge in [0.15, 0.2) is 18.1 Å². The highest BCUT2D eigenvalue weighted by atomic mass is 19.1. The van der Waals surface area contributed by atoms with E-state index >= 15 is 0 Å². The lowest BCUT2D eigenvalue weighted by atomic mass is 10.1. The molecule has 1 saturated heterocycles. The van der Waals surface area contributed by atoms with Gasteiger partial charge < -0.3 is 24.4 Å². The maximum Gasteiger partial charge on any atom is 0.262 e. The third-order valence-electron chi connectivity index (χ3n) is 5.87. The number of nitrogens with one attached hydrogen (secondary N) is 3. The number of para-hydroxylation sites is 1. The minimum Gasteiger partial charge on any atom is -0.497 e. The quantitative estimate of drug-likeness (QED) is 0.350. The first-order chi connectivity index (χ1) is 18.4. The number of nitrogens with zero attached hydrogens (tertiary/aromatic N) is 1. The minimum atomic E-state index is -0.620. The van der Waals surface area contributed by atoms with Crippen LogP contribution in [0.3, 0.4) is 0 Å². The van der Waals surface area contributed by atoms with E-state index in [4.69, 9.17) is 14.2 Å². The number of hydrazine groups is 1. The molecule has 4 rings (SSSR count). The van der Waals surface area contributed by atoms with Crippen LogP contribution in [-0.4, -0.2) is 45.1 Å². The molecule has 198 valence electrons. The number of rotatable bonds is 10. The maximum atomic E-state index is 13.2. The van der Waals surface area contributed by atoms with Gasteiger partial charge in [0.25, 0.3) is 5.91 Å². The summed E-state index contributed by atoms with van der Waals surface area (Å²) >= 11 is 0. The summed E-state index contributed by atoms with van der Waals surface area (Å²) in [7, 11) is 3.01. The fourth-order valence-electron chi connectivity index (χ4n) is 3.92. The van der Waals surface area contributed by atoms with Gasteiger partial charge in [-0.1, -0.05) is 6.07 Å². The van der Waals surface area contributed by atoms with Gasteiger partial charge in [0.1, 0.15) is 11.6 Å². The van der Waals surface area contributed by atoms with Gasteiger partial charge in [-0.15, -0.1) is 0 Å². The molecule has 3 N–H and O–H groups in total. The highest BCUT2D eigenvalue weighted by Crippen LogP contribution is 2.35. The number of hydrogen-bond acceptors (Lipinski definition) is 7. The third kappa shape index (κ3) is 6.30. The topological polar surface area (TPSA) is 118 Å². The molecule has 0 aliphatic carbocycles. The van der Waals surface area contributed by atoms with E-state index in [1.54, 1.807) is 49.6 Å². The SMILES string of the molecule is COc1ccc(NC(=O)COc2c(NNC(=O)[C@H]3CC(=O)N(c4ccc(F)cc4)C3)cccc2OC)cc1. The summed E-state index contributed by atoms with van der Waals surface area (Å²) in [5, 5.41) is 2.72. The average Bonchev–Trinajstić information content (AvgIpc) is 3.33. The van der Waals surface area contributed by atoms with Crippen LogP contribution < -0.4 is 35.3 Å². The Balaban J connectivity index is 1.36. The van der Waals surface area contributed by atoms with Crippen molar-refractivity contribution in [1.82, 2.24) is 5.43 Å². The second-order valence-electron chi connectivity index (χ2n) is 8.40. The molecule has 0 aromatic heterocycles. The summed E-state index contributed by atoms with van der Waals surface area (Å²) in [6.07, 6.45) is 0.0118. The molecule has 0 spiro atoms. The van der Waals surface area contributed by atoms with Crippen LogP contribution in [0.25, 0.3) is 0 Å². The van der Waals surface area contributed by atoms with Crippen LogP contribution in [0.5, 0.6) is 17.2 Å². The van der Waals surface area contributed by atoms with E-state index in [-0.39, 0.29) is 31.2 Å². The zero-order valence-corrected chi connectivity index (χ0v) is 20.8. The first-order valence-corrected chi connectivity index (χ1v) is 11.7. The van der Waals surface area contributed by atoms with E-state index < -0.39 is 23.5 Å². The van der Waals surface area contributed by atoms with Crippen molar-refractivity contribution < 1.29 is 33.0 Å². The Bertz CT molecular complexity index is 1300. The summed E-state index contributed by atoms with van der Waals surface area (Å²) in [4.78, 5) is 39.2. The summed E-state index contributed by atoms with van der Waals surface area (Å²) in [6.45, 7) is -0.163. The van der Waals surface area contributed by atoms with Crippen LogP contribution in [0.2, 0.25) is 0 Å². The molecular weight excluding hydrogens is 495 g/mol. The molecule has 1 fully saturated rings. The predicted molar refractivity (Wildman–Crippen MR) is 139 cm³/mol. The van der Waals surface area contributed by atoms with Gasteiger partial charge >= 0.3 is 0 Å². The molecule has 3 amide bonds. The van der Waals surface area contributed by atoms with Crippen LogP contribution >= 0.6 is 0 Å². The molecular formula is C27H27FN4O6. The van der Waals surface area contributed by atoms with Crippen molar-refractivity contribution in [3.63, 3.8) is 0 Å². The third-order valence-corrected chi connectivity index (χ3v) is 5.87. The van der Waals surface area contributed by atoms with Crippen LogP contribution in [0, 0.1) is 11.7 Å². The monoisotopic (exact) mass is 522 g/mol. The zero-order valence-electron chi connectivity index (χ0n) is 20.8. The van der Waals surface area contributed by atoms with E-state index in [0.29, 0.717) is 28.6 Å². The van der Waals surface area contributed by atoms with E-state index in [1.807, 2.05) is 0 Å². The molecule has 3 aromatic rings. The van der Waals surface area contributed by atoms with Gasteiger partial charge in [0.2, 0.25) is 11.8 Å². The number of amides is 3.